The zero-order valence-corrected chi connectivity index (χ0v) is 12.7. The molecule has 0 amide bonds. The fraction of sp³-hybridized carbons (Fsp3) is 0.118. The molecule has 0 unspecified atom stereocenters. The van der Waals surface area contributed by atoms with Crippen molar-refractivity contribution in [1.29, 1.82) is 0 Å². The van der Waals surface area contributed by atoms with Crippen molar-refractivity contribution in [2.45, 2.75) is 6.42 Å². The van der Waals surface area contributed by atoms with E-state index in [0.717, 1.165) is 22.2 Å². The fourth-order valence-electron chi connectivity index (χ4n) is 2.52. The van der Waals surface area contributed by atoms with Crippen molar-refractivity contribution in [3.63, 3.8) is 0 Å². The third kappa shape index (κ3) is 2.65. The van der Waals surface area contributed by atoms with Crippen LogP contribution >= 0.6 is 11.6 Å². The van der Waals surface area contributed by atoms with Gasteiger partial charge in [-0.25, -0.2) is 0 Å². The zero-order chi connectivity index (χ0) is 15.7. The second kappa shape index (κ2) is 5.73. The molecular formula is C17H14ClNO3. The summed E-state index contributed by atoms with van der Waals surface area (Å²) in [7, 11) is 1.59. The molecule has 1 aromatic heterocycles. The minimum absolute atomic E-state index is 0.0374. The molecule has 0 aliphatic rings. The van der Waals surface area contributed by atoms with Crippen molar-refractivity contribution >= 4 is 28.5 Å². The minimum Gasteiger partial charge on any atom is -0.497 e. The number of aliphatic carboxylic acids is 1. The van der Waals surface area contributed by atoms with Gasteiger partial charge in [-0.15, -0.1) is 0 Å². The van der Waals surface area contributed by atoms with Crippen LogP contribution in [0, 0.1) is 0 Å². The average Bonchev–Trinajstić information content (AvgIpc) is 2.85. The van der Waals surface area contributed by atoms with Crippen molar-refractivity contribution in [1.82, 2.24) is 4.57 Å². The normalized spacial score (nSPS) is 10.8. The van der Waals surface area contributed by atoms with E-state index in [2.05, 4.69) is 0 Å². The van der Waals surface area contributed by atoms with Crippen molar-refractivity contribution < 1.29 is 14.6 Å². The van der Waals surface area contributed by atoms with Gasteiger partial charge in [-0.2, -0.15) is 0 Å². The first-order chi connectivity index (χ1) is 10.6. The lowest BCUT2D eigenvalue weighted by molar-refractivity contribution is -0.136. The summed E-state index contributed by atoms with van der Waals surface area (Å²) >= 11 is 5.93. The Morgan fingerprint density at radius 2 is 1.95 bits per heavy atom. The SMILES string of the molecule is COc1ccc2c(c1)c(CC(=O)O)cn2-c1ccc(Cl)cc1. The van der Waals surface area contributed by atoms with Crippen LogP contribution in [0.4, 0.5) is 0 Å². The van der Waals surface area contributed by atoms with Gasteiger partial charge in [0.15, 0.2) is 0 Å². The van der Waals surface area contributed by atoms with Gasteiger partial charge < -0.3 is 14.4 Å². The first-order valence-electron chi connectivity index (χ1n) is 6.74. The molecule has 2 aromatic carbocycles. The molecular weight excluding hydrogens is 302 g/mol. The molecule has 112 valence electrons. The zero-order valence-electron chi connectivity index (χ0n) is 11.9. The molecule has 4 nitrogen and oxygen atoms in total. The molecule has 0 saturated heterocycles. The molecule has 3 rings (SSSR count). The summed E-state index contributed by atoms with van der Waals surface area (Å²) in [4.78, 5) is 11.1. The maximum absolute atomic E-state index is 11.1. The average molecular weight is 316 g/mol. The Morgan fingerprint density at radius 3 is 2.59 bits per heavy atom. The quantitative estimate of drug-likeness (QED) is 0.794. The molecule has 0 aliphatic carbocycles. The number of carboxylic acid groups (broad SMARTS) is 1. The maximum atomic E-state index is 11.1. The highest BCUT2D eigenvalue weighted by molar-refractivity contribution is 6.30. The number of ether oxygens (including phenoxy) is 1. The first kappa shape index (κ1) is 14.5. The molecule has 0 aliphatic heterocycles. The number of nitrogens with zero attached hydrogens (tertiary/aromatic N) is 1. The van der Waals surface area contributed by atoms with Crippen molar-refractivity contribution in [2.75, 3.05) is 7.11 Å². The Morgan fingerprint density at radius 1 is 1.23 bits per heavy atom. The van der Waals surface area contributed by atoms with Crippen LogP contribution in [0.25, 0.3) is 16.6 Å². The number of hydrogen-bond donors (Lipinski definition) is 1. The van der Waals surface area contributed by atoms with Crippen LogP contribution in [0.2, 0.25) is 5.02 Å². The Labute approximate surface area is 132 Å². The van der Waals surface area contributed by atoms with Crippen LogP contribution < -0.4 is 4.74 Å². The summed E-state index contributed by atoms with van der Waals surface area (Å²) < 4.78 is 7.20. The van der Waals surface area contributed by atoms with Crippen LogP contribution in [-0.4, -0.2) is 22.8 Å². The Kier molecular flexibility index (Phi) is 3.77. The van der Waals surface area contributed by atoms with Gasteiger partial charge >= 0.3 is 5.97 Å². The molecule has 0 fully saturated rings. The van der Waals surface area contributed by atoms with Crippen LogP contribution in [-0.2, 0) is 11.2 Å². The summed E-state index contributed by atoms with van der Waals surface area (Å²) in [5.41, 5.74) is 2.60. The third-order valence-corrected chi connectivity index (χ3v) is 3.79. The van der Waals surface area contributed by atoms with Gasteiger partial charge in [0.2, 0.25) is 0 Å². The van der Waals surface area contributed by atoms with E-state index in [1.54, 1.807) is 7.11 Å². The number of fused-ring (bicyclic) bond motifs is 1. The van der Waals surface area contributed by atoms with E-state index in [0.29, 0.717) is 10.8 Å². The topological polar surface area (TPSA) is 51.5 Å². The molecule has 1 heterocycles. The van der Waals surface area contributed by atoms with Crippen LogP contribution in [0.3, 0.4) is 0 Å². The Bertz CT molecular complexity index is 837. The van der Waals surface area contributed by atoms with Gasteiger partial charge in [-0.1, -0.05) is 11.6 Å². The molecule has 5 heteroatoms. The van der Waals surface area contributed by atoms with Crippen molar-refractivity contribution in [3.05, 3.63) is 59.2 Å². The molecule has 0 saturated carbocycles. The molecule has 3 aromatic rings. The molecule has 0 spiro atoms. The largest absolute Gasteiger partial charge is 0.497 e. The van der Waals surface area contributed by atoms with E-state index < -0.39 is 5.97 Å². The smallest absolute Gasteiger partial charge is 0.307 e. The van der Waals surface area contributed by atoms with Gasteiger partial charge in [0.25, 0.3) is 0 Å². The lowest BCUT2D eigenvalue weighted by Gasteiger charge is -2.06. The monoisotopic (exact) mass is 315 g/mol. The van der Waals surface area contributed by atoms with Gasteiger partial charge in [-0.05, 0) is 48.0 Å². The van der Waals surface area contributed by atoms with E-state index in [4.69, 9.17) is 21.4 Å². The van der Waals surface area contributed by atoms with Crippen LogP contribution in [0.1, 0.15) is 5.56 Å². The first-order valence-corrected chi connectivity index (χ1v) is 7.12. The number of hydrogen-bond acceptors (Lipinski definition) is 2. The molecule has 22 heavy (non-hydrogen) atoms. The number of benzene rings is 2. The highest BCUT2D eigenvalue weighted by Crippen LogP contribution is 2.29. The van der Waals surface area contributed by atoms with Gasteiger partial charge in [-0.3, -0.25) is 4.79 Å². The molecule has 1 N–H and O–H groups in total. The Hall–Kier alpha value is -2.46. The molecule has 0 bridgehead atoms. The third-order valence-electron chi connectivity index (χ3n) is 3.54. The highest BCUT2D eigenvalue weighted by atomic mass is 35.5. The predicted octanol–water partition coefficient (Wildman–Crippen LogP) is 3.92. The highest BCUT2D eigenvalue weighted by Gasteiger charge is 2.13. The lowest BCUT2D eigenvalue weighted by Crippen LogP contribution is -1.99. The van der Waals surface area contributed by atoms with E-state index in [1.807, 2.05) is 53.2 Å². The van der Waals surface area contributed by atoms with Crippen LogP contribution in [0.5, 0.6) is 5.75 Å². The van der Waals surface area contributed by atoms with E-state index in [9.17, 15) is 4.79 Å². The van der Waals surface area contributed by atoms with Gasteiger partial charge in [0.05, 0.1) is 19.0 Å². The van der Waals surface area contributed by atoms with E-state index in [-0.39, 0.29) is 6.42 Å². The molecule has 0 radical (unpaired) electrons. The Balaban J connectivity index is 2.21. The van der Waals surface area contributed by atoms with Crippen molar-refractivity contribution in [2.24, 2.45) is 0 Å². The second-order valence-electron chi connectivity index (χ2n) is 4.95. The predicted molar refractivity (Wildman–Crippen MR) is 86.2 cm³/mol. The summed E-state index contributed by atoms with van der Waals surface area (Å²) in [6.07, 6.45) is 1.81. The number of methoxy groups -OCH3 is 1. The number of aromatic nitrogens is 1. The van der Waals surface area contributed by atoms with Crippen molar-refractivity contribution in [3.8, 4) is 11.4 Å². The van der Waals surface area contributed by atoms with Crippen LogP contribution in [0.15, 0.2) is 48.7 Å². The summed E-state index contributed by atoms with van der Waals surface area (Å²) in [6, 6.07) is 13.1. The molecule has 0 atom stereocenters. The number of rotatable bonds is 4. The maximum Gasteiger partial charge on any atom is 0.307 e. The van der Waals surface area contributed by atoms with E-state index >= 15 is 0 Å². The fourth-order valence-corrected chi connectivity index (χ4v) is 2.65. The second-order valence-corrected chi connectivity index (χ2v) is 5.39. The van der Waals surface area contributed by atoms with E-state index in [1.165, 1.54) is 0 Å². The summed E-state index contributed by atoms with van der Waals surface area (Å²) in [5.74, 6) is -0.161. The van der Waals surface area contributed by atoms with Gasteiger partial charge in [0, 0.05) is 22.3 Å². The summed E-state index contributed by atoms with van der Waals surface area (Å²) in [5, 5.41) is 10.6. The summed E-state index contributed by atoms with van der Waals surface area (Å²) in [6.45, 7) is 0. The lowest BCUT2D eigenvalue weighted by atomic mass is 10.1. The van der Waals surface area contributed by atoms with Gasteiger partial charge in [0.1, 0.15) is 5.75 Å². The number of carboxylic acids is 1. The number of carbonyl (C=O) groups is 1. The minimum atomic E-state index is -0.863. The number of halogens is 1. The standard InChI is InChI=1S/C17H14ClNO3/c1-22-14-6-7-16-15(9-14)11(8-17(20)21)10-19(16)13-4-2-12(18)3-5-13/h2-7,9-10H,8H2,1H3,(H,20,21).